The second kappa shape index (κ2) is 6.27. The molecule has 0 radical (unpaired) electrons. The zero-order chi connectivity index (χ0) is 14.7. The minimum absolute atomic E-state index is 0.0774. The Labute approximate surface area is 124 Å². The van der Waals surface area contributed by atoms with E-state index in [9.17, 15) is 9.50 Å². The molecule has 1 unspecified atom stereocenters. The Balaban J connectivity index is 1.79. The fraction of sp³-hybridized carbons (Fsp3) is 0.333. The van der Waals surface area contributed by atoms with Crippen LogP contribution in [0.4, 0.5) is 4.39 Å². The van der Waals surface area contributed by atoms with Crippen LogP contribution in [0.15, 0.2) is 48.5 Å². The molecule has 3 rings (SSSR count). The maximum Gasteiger partial charge on any atom is 0.126 e. The minimum Gasteiger partial charge on any atom is -0.508 e. The molecule has 2 N–H and O–H groups in total. The first-order valence-corrected chi connectivity index (χ1v) is 7.48. The summed E-state index contributed by atoms with van der Waals surface area (Å²) in [6.07, 6.45) is 3.15. The molecule has 0 bridgehead atoms. The fourth-order valence-electron chi connectivity index (χ4n) is 2.66. The maximum atomic E-state index is 14.1. The molecule has 0 heterocycles. The zero-order valence-electron chi connectivity index (χ0n) is 11.9. The van der Waals surface area contributed by atoms with E-state index in [1.54, 1.807) is 18.2 Å². The second-order valence-corrected chi connectivity index (χ2v) is 5.77. The van der Waals surface area contributed by atoms with Crippen molar-refractivity contribution in [3.63, 3.8) is 0 Å². The van der Waals surface area contributed by atoms with Gasteiger partial charge < -0.3 is 10.4 Å². The molecule has 1 saturated carbocycles. The van der Waals surface area contributed by atoms with Crippen LogP contribution in [-0.4, -0.2) is 17.7 Å². The summed E-state index contributed by atoms with van der Waals surface area (Å²) in [6.45, 7) is 0.765. The van der Waals surface area contributed by atoms with Gasteiger partial charge in [-0.3, -0.25) is 0 Å². The summed E-state index contributed by atoms with van der Waals surface area (Å²) in [5.41, 5.74) is 1.77. The molecule has 2 aromatic carbocycles. The highest BCUT2D eigenvalue weighted by Gasteiger charge is 2.23. The molecule has 110 valence electrons. The van der Waals surface area contributed by atoms with E-state index >= 15 is 0 Å². The summed E-state index contributed by atoms with van der Waals surface area (Å²) in [6, 6.07) is 14.8. The van der Waals surface area contributed by atoms with E-state index in [0.29, 0.717) is 6.04 Å². The molecule has 1 fully saturated rings. The number of rotatable bonds is 6. The lowest BCUT2D eigenvalue weighted by atomic mass is 9.91. The lowest BCUT2D eigenvalue weighted by Gasteiger charge is -2.19. The predicted octanol–water partition coefficient (Wildman–Crippen LogP) is 3.61. The van der Waals surface area contributed by atoms with Crippen molar-refractivity contribution < 1.29 is 9.50 Å². The highest BCUT2D eigenvalue weighted by Crippen LogP contribution is 2.26. The molecule has 0 saturated heterocycles. The predicted molar refractivity (Wildman–Crippen MR) is 82.0 cm³/mol. The summed E-state index contributed by atoms with van der Waals surface area (Å²) >= 11 is 0. The third-order valence-corrected chi connectivity index (χ3v) is 3.97. The molecule has 1 aliphatic carbocycles. The SMILES string of the molecule is Oc1cccc(CC(CNC2CC2)c2ccccc2F)c1. The van der Waals surface area contributed by atoms with Crippen molar-refractivity contribution >= 4 is 0 Å². The van der Waals surface area contributed by atoms with Crippen molar-refractivity contribution in [2.75, 3.05) is 6.54 Å². The summed E-state index contributed by atoms with van der Waals surface area (Å²) in [5.74, 6) is 0.184. The fourth-order valence-corrected chi connectivity index (χ4v) is 2.66. The molecule has 0 amide bonds. The summed E-state index contributed by atoms with van der Waals surface area (Å²) in [5, 5.41) is 13.1. The molecule has 2 aromatic rings. The number of hydrogen-bond donors (Lipinski definition) is 2. The molecule has 0 aliphatic heterocycles. The standard InChI is InChI=1S/C18H20FNO/c19-18-7-2-1-6-17(18)14(12-20-15-8-9-15)10-13-4-3-5-16(21)11-13/h1-7,11,14-15,20-21H,8-10,12H2. The van der Waals surface area contributed by atoms with Gasteiger partial charge in [0.25, 0.3) is 0 Å². The molecular formula is C18H20FNO. The van der Waals surface area contributed by atoms with Crippen LogP contribution in [0.3, 0.4) is 0 Å². The first-order chi connectivity index (χ1) is 10.2. The maximum absolute atomic E-state index is 14.1. The number of phenols is 1. The average molecular weight is 285 g/mol. The van der Waals surface area contributed by atoms with Gasteiger partial charge in [-0.1, -0.05) is 30.3 Å². The number of hydrogen-bond acceptors (Lipinski definition) is 2. The van der Waals surface area contributed by atoms with Crippen molar-refractivity contribution in [2.45, 2.75) is 31.2 Å². The third-order valence-electron chi connectivity index (χ3n) is 3.97. The van der Waals surface area contributed by atoms with Crippen LogP contribution >= 0.6 is 0 Å². The molecular weight excluding hydrogens is 265 g/mol. The Morgan fingerprint density at radius 1 is 1.14 bits per heavy atom. The molecule has 0 aromatic heterocycles. The van der Waals surface area contributed by atoms with E-state index < -0.39 is 0 Å². The van der Waals surface area contributed by atoms with Gasteiger partial charge in [0.2, 0.25) is 0 Å². The van der Waals surface area contributed by atoms with Gasteiger partial charge in [0.15, 0.2) is 0 Å². The van der Waals surface area contributed by atoms with Crippen LogP contribution in [0.25, 0.3) is 0 Å². The number of aromatic hydroxyl groups is 1. The normalized spacial score (nSPS) is 15.9. The Hall–Kier alpha value is -1.87. The summed E-state index contributed by atoms with van der Waals surface area (Å²) in [4.78, 5) is 0. The quantitative estimate of drug-likeness (QED) is 0.850. The van der Waals surface area contributed by atoms with Crippen LogP contribution in [0.2, 0.25) is 0 Å². The van der Waals surface area contributed by atoms with Crippen LogP contribution in [-0.2, 0) is 6.42 Å². The Morgan fingerprint density at radius 2 is 1.95 bits per heavy atom. The van der Waals surface area contributed by atoms with E-state index in [0.717, 1.165) is 24.1 Å². The van der Waals surface area contributed by atoms with Crippen molar-refractivity contribution in [1.82, 2.24) is 5.32 Å². The molecule has 0 spiro atoms. The summed E-state index contributed by atoms with van der Waals surface area (Å²) in [7, 11) is 0. The van der Waals surface area contributed by atoms with Crippen LogP contribution < -0.4 is 5.32 Å². The lowest BCUT2D eigenvalue weighted by Crippen LogP contribution is -2.25. The van der Waals surface area contributed by atoms with E-state index in [4.69, 9.17) is 0 Å². The van der Waals surface area contributed by atoms with Crippen LogP contribution in [0.1, 0.15) is 29.9 Å². The highest BCUT2D eigenvalue weighted by molar-refractivity contribution is 5.30. The summed E-state index contributed by atoms with van der Waals surface area (Å²) < 4.78 is 14.1. The number of nitrogens with one attached hydrogen (secondary N) is 1. The molecule has 1 aliphatic rings. The van der Waals surface area contributed by atoms with Crippen molar-refractivity contribution in [3.05, 3.63) is 65.5 Å². The van der Waals surface area contributed by atoms with Crippen molar-refractivity contribution in [2.24, 2.45) is 0 Å². The minimum atomic E-state index is -0.153. The topological polar surface area (TPSA) is 32.3 Å². The van der Waals surface area contributed by atoms with Gasteiger partial charge >= 0.3 is 0 Å². The van der Waals surface area contributed by atoms with Gasteiger partial charge in [-0.25, -0.2) is 4.39 Å². The third kappa shape index (κ3) is 3.82. The van der Waals surface area contributed by atoms with Gasteiger partial charge in [-0.2, -0.15) is 0 Å². The first-order valence-electron chi connectivity index (χ1n) is 7.48. The molecule has 1 atom stereocenters. The zero-order valence-corrected chi connectivity index (χ0v) is 11.9. The molecule has 21 heavy (non-hydrogen) atoms. The van der Waals surface area contributed by atoms with Gasteiger partial charge in [0, 0.05) is 18.5 Å². The molecule has 3 heteroatoms. The van der Waals surface area contributed by atoms with Gasteiger partial charge in [-0.15, -0.1) is 0 Å². The largest absolute Gasteiger partial charge is 0.508 e. The molecule has 2 nitrogen and oxygen atoms in total. The van der Waals surface area contributed by atoms with Crippen molar-refractivity contribution in [3.8, 4) is 5.75 Å². The van der Waals surface area contributed by atoms with Gasteiger partial charge in [0.05, 0.1) is 0 Å². The Morgan fingerprint density at radius 3 is 2.67 bits per heavy atom. The Kier molecular flexibility index (Phi) is 4.20. The Bertz CT molecular complexity index is 610. The van der Waals surface area contributed by atoms with Gasteiger partial charge in [-0.05, 0) is 48.6 Å². The lowest BCUT2D eigenvalue weighted by molar-refractivity contribution is 0.473. The van der Waals surface area contributed by atoms with Crippen molar-refractivity contribution in [1.29, 1.82) is 0 Å². The smallest absolute Gasteiger partial charge is 0.126 e. The number of phenolic OH excluding ortho intramolecular Hbond substituents is 1. The number of benzene rings is 2. The van der Waals surface area contributed by atoms with Crippen LogP contribution in [0.5, 0.6) is 5.75 Å². The van der Waals surface area contributed by atoms with Gasteiger partial charge in [0.1, 0.15) is 11.6 Å². The highest BCUT2D eigenvalue weighted by atomic mass is 19.1. The van der Waals surface area contributed by atoms with E-state index in [1.807, 2.05) is 24.3 Å². The van der Waals surface area contributed by atoms with E-state index in [1.165, 1.54) is 18.9 Å². The number of halogens is 1. The van der Waals surface area contributed by atoms with Crippen LogP contribution in [0, 0.1) is 5.82 Å². The second-order valence-electron chi connectivity index (χ2n) is 5.77. The van der Waals surface area contributed by atoms with E-state index in [-0.39, 0.29) is 17.5 Å². The monoisotopic (exact) mass is 285 g/mol. The average Bonchev–Trinajstić information content (AvgIpc) is 3.28. The first kappa shape index (κ1) is 14.1. The van der Waals surface area contributed by atoms with E-state index in [2.05, 4.69) is 5.32 Å².